The van der Waals surface area contributed by atoms with Crippen molar-refractivity contribution in [3.05, 3.63) is 47.1 Å². The summed E-state index contributed by atoms with van der Waals surface area (Å²) in [4.78, 5) is 18.2. The van der Waals surface area contributed by atoms with Gasteiger partial charge < -0.3 is 9.80 Å². The average Bonchev–Trinajstić information content (AvgIpc) is 2.90. The van der Waals surface area contributed by atoms with E-state index in [4.69, 9.17) is 0 Å². The zero-order valence-corrected chi connectivity index (χ0v) is 13.4. The van der Waals surface area contributed by atoms with Gasteiger partial charge in [0.15, 0.2) is 0 Å². The molecule has 22 heavy (non-hydrogen) atoms. The SMILES string of the molecule is CN1CCCN(C(=O)c2ccc(-c3ccccc3F)s2)CC1. The summed E-state index contributed by atoms with van der Waals surface area (Å²) in [5, 5.41) is 0. The van der Waals surface area contributed by atoms with Crippen molar-refractivity contribution >= 4 is 17.2 Å². The molecule has 1 aliphatic rings. The van der Waals surface area contributed by atoms with E-state index in [9.17, 15) is 9.18 Å². The molecule has 2 aromatic rings. The number of hydrogen-bond acceptors (Lipinski definition) is 3. The highest BCUT2D eigenvalue weighted by Gasteiger charge is 2.20. The fourth-order valence-electron chi connectivity index (χ4n) is 2.66. The van der Waals surface area contributed by atoms with Gasteiger partial charge >= 0.3 is 0 Å². The molecule has 1 fully saturated rings. The molecule has 0 atom stereocenters. The molecule has 2 heterocycles. The highest BCUT2D eigenvalue weighted by Crippen LogP contribution is 2.30. The lowest BCUT2D eigenvalue weighted by Crippen LogP contribution is -2.34. The first-order valence-corrected chi connectivity index (χ1v) is 8.29. The van der Waals surface area contributed by atoms with Gasteiger partial charge in [-0.05, 0) is 38.2 Å². The zero-order valence-electron chi connectivity index (χ0n) is 12.6. The number of carbonyl (C=O) groups excluding carboxylic acids is 1. The Bertz CT molecular complexity index is 670. The van der Waals surface area contributed by atoms with Crippen molar-refractivity contribution in [2.24, 2.45) is 0 Å². The number of amides is 1. The Labute approximate surface area is 134 Å². The van der Waals surface area contributed by atoms with Gasteiger partial charge in [-0.2, -0.15) is 0 Å². The van der Waals surface area contributed by atoms with E-state index in [0.29, 0.717) is 10.4 Å². The minimum absolute atomic E-state index is 0.0582. The first-order chi connectivity index (χ1) is 10.6. The van der Waals surface area contributed by atoms with Crippen LogP contribution in [0, 0.1) is 5.82 Å². The van der Waals surface area contributed by atoms with Crippen LogP contribution in [0.2, 0.25) is 0 Å². The van der Waals surface area contributed by atoms with Gasteiger partial charge in [-0.25, -0.2) is 4.39 Å². The highest BCUT2D eigenvalue weighted by molar-refractivity contribution is 7.17. The molecule has 0 aliphatic carbocycles. The summed E-state index contributed by atoms with van der Waals surface area (Å²) >= 11 is 1.36. The summed E-state index contributed by atoms with van der Waals surface area (Å²) in [6.45, 7) is 3.46. The van der Waals surface area contributed by atoms with Crippen LogP contribution in [0.25, 0.3) is 10.4 Å². The van der Waals surface area contributed by atoms with Crippen molar-refractivity contribution in [2.45, 2.75) is 6.42 Å². The van der Waals surface area contributed by atoms with Gasteiger partial charge in [0.25, 0.3) is 5.91 Å². The number of carbonyl (C=O) groups is 1. The van der Waals surface area contributed by atoms with E-state index >= 15 is 0 Å². The number of hydrogen-bond donors (Lipinski definition) is 0. The van der Waals surface area contributed by atoms with Crippen LogP contribution < -0.4 is 0 Å². The van der Waals surface area contributed by atoms with Gasteiger partial charge in [0.2, 0.25) is 0 Å². The lowest BCUT2D eigenvalue weighted by molar-refractivity contribution is 0.0767. The van der Waals surface area contributed by atoms with Gasteiger partial charge in [-0.1, -0.05) is 18.2 Å². The molecule has 3 rings (SSSR count). The van der Waals surface area contributed by atoms with Crippen molar-refractivity contribution in [2.75, 3.05) is 33.2 Å². The standard InChI is InChI=1S/C17H19FN2OS/c1-19-9-4-10-20(12-11-19)17(21)16-8-7-15(22-16)13-5-2-3-6-14(13)18/h2-3,5-8H,4,9-12H2,1H3. The van der Waals surface area contributed by atoms with Crippen LogP contribution in [0.5, 0.6) is 0 Å². The molecule has 0 unspecified atom stereocenters. The summed E-state index contributed by atoms with van der Waals surface area (Å²) in [6.07, 6.45) is 0.994. The van der Waals surface area contributed by atoms with E-state index in [1.807, 2.05) is 23.1 Å². The highest BCUT2D eigenvalue weighted by atomic mass is 32.1. The van der Waals surface area contributed by atoms with Gasteiger partial charge in [0, 0.05) is 30.1 Å². The average molecular weight is 318 g/mol. The summed E-state index contributed by atoms with van der Waals surface area (Å²) in [5.41, 5.74) is 0.558. The molecule has 0 bridgehead atoms. The monoisotopic (exact) mass is 318 g/mol. The van der Waals surface area contributed by atoms with Crippen LogP contribution in [-0.2, 0) is 0 Å². The van der Waals surface area contributed by atoms with Crippen LogP contribution in [-0.4, -0.2) is 48.9 Å². The summed E-state index contributed by atoms with van der Waals surface area (Å²) in [7, 11) is 2.08. The maximum Gasteiger partial charge on any atom is 0.263 e. The number of nitrogens with zero attached hydrogens (tertiary/aromatic N) is 2. The van der Waals surface area contributed by atoms with Crippen LogP contribution in [0.4, 0.5) is 4.39 Å². The van der Waals surface area contributed by atoms with Crippen molar-refractivity contribution in [3.63, 3.8) is 0 Å². The molecule has 116 valence electrons. The molecule has 0 saturated carbocycles. The van der Waals surface area contributed by atoms with Crippen LogP contribution in [0.3, 0.4) is 0 Å². The molecule has 0 N–H and O–H groups in total. The number of rotatable bonds is 2. The predicted octanol–water partition coefficient (Wildman–Crippen LogP) is 3.33. The van der Waals surface area contributed by atoms with E-state index in [0.717, 1.165) is 37.5 Å². The van der Waals surface area contributed by atoms with E-state index in [-0.39, 0.29) is 11.7 Å². The van der Waals surface area contributed by atoms with E-state index in [1.54, 1.807) is 12.1 Å². The Morgan fingerprint density at radius 1 is 1.09 bits per heavy atom. The van der Waals surface area contributed by atoms with Gasteiger partial charge in [-0.15, -0.1) is 11.3 Å². The Hall–Kier alpha value is -1.72. The molecule has 1 amide bonds. The Kier molecular flexibility index (Phi) is 4.55. The summed E-state index contributed by atoms with van der Waals surface area (Å²) in [5.74, 6) is -0.192. The third-order valence-corrected chi connectivity index (χ3v) is 5.07. The first-order valence-electron chi connectivity index (χ1n) is 7.48. The molecule has 1 aliphatic heterocycles. The van der Waals surface area contributed by atoms with Crippen molar-refractivity contribution in [1.82, 2.24) is 9.80 Å². The topological polar surface area (TPSA) is 23.6 Å². The molecule has 0 radical (unpaired) electrons. The van der Waals surface area contributed by atoms with Crippen molar-refractivity contribution < 1.29 is 9.18 Å². The maximum absolute atomic E-state index is 13.8. The van der Waals surface area contributed by atoms with Crippen LogP contribution in [0.1, 0.15) is 16.1 Å². The second-order valence-corrected chi connectivity index (χ2v) is 6.68. The van der Waals surface area contributed by atoms with Crippen molar-refractivity contribution in [1.29, 1.82) is 0 Å². The minimum Gasteiger partial charge on any atom is -0.337 e. The fraction of sp³-hybridized carbons (Fsp3) is 0.353. The fourth-order valence-corrected chi connectivity index (χ4v) is 3.67. The van der Waals surface area contributed by atoms with Gasteiger partial charge in [-0.3, -0.25) is 4.79 Å². The quantitative estimate of drug-likeness (QED) is 0.848. The Morgan fingerprint density at radius 3 is 2.73 bits per heavy atom. The molecule has 0 spiro atoms. The zero-order chi connectivity index (χ0) is 15.5. The number of benzene rings is 1. The first kappa shape index (κ1) is 15.2. The molecule has 1 saturated heterocycles. The molecule has 1 aromatic carbocycles. The van der Waals surface area contributed by atoms with E-state index < -0.39 is 0 Å². The summed E-state index contributed by atoms with van der Waals surface area (Å²) < 4.78 is 13.8. The Morgan fingerprint density at radius 2 is 1.91 bits per heavy atom. The van der Waals surface area contributed by atoms with E-state index in [2.05, 4.69) is 11.9 Å². The molecular formula is C17H19FN2OS. The lowest BCUT2D eigenvalue weighted by atomic mass is 10.2. The number of halogens is 1. The van der Waals surface area contributed by atoms with Gasteiger partial charge in [0.05, 0.1) is 4.88 Å². The molecule has 1 aromatic heterocycles. The van der Waals surface area contributed by atoms with Gasteiger partial charge in [0.1, 0.15) is 5.82 Å². The summed E-state index contributed by atoms with van der Waals surface area (Å²) in [6, 6.07) is 10.3. The minimum atomic E-state index is -0.250. The second-order valence-electron chi connectivity index (χ2n) is 5.59. The largest absolute Gasteiger partial charge is 0.337 e. The third-order valence-electron chi connectivity index (χ3n) is 3.96. The second kappa shape index (κ2) is 6.58. The number of thiophene rings is 1. The molecule has 5 heteroatoms. The van der Waals surface area contributed by atoms with Crippen LogP contribution in [0.15, 0.2) is 36.4 Å². The van der Waals surface area contributed by atoms with Crippen molar-refractivity contribution in [3.8, 4) is 10.4 Å². The third kappa shape index (κ3) is 3.20. The predicted molar refractivity (Wildman–Crippen MR) is 87.7 cm³/mol. The maximum atomic E-state index is 13.8. The molecular weight excluding hydrogens is 299 g/mol. The van der Waals surface area contributed by atoms with Crippen LogP contribution >= 0.6 is 11.3 Å². The Balaban J connectivity index is 1.78. The number of likely N-dealkylation sites (N-methyl/N-ethyl adjacent to an activating group) is 1. The normalized spacial score (nSPS) is 16.5. The van der Waals surface area contributed by atoms with E-state index in [1.165, 1.54) is 17.4 Å². The lowest BCUT2D eigenvalue weighted by Gasteiger charge is -2.19. The molecule has 3 nitrogen and oxygen atoms in total. The smallest absolute Gasteiger partial charge is 0.263 e.